The van der Waals surface area contributed by atoms with Gasteiger partial charge in [-0.15, -0.1) is 24.8 Å². The van der Waals surface area contributed by atoms with Crippen LogP contribution < -0.4 is 16.8 Å². The summed E-state index contributed by atoms with van der Waals surface area (Å²) >= 11 is 0. The predicted molar refractivity (Wildman–Crippen MR) is 82.8 cm³/mol. The van der Waals surface area contributed by atoms with Crippen molar-refractivity contribution in [3.8, 4) is 0 Å². The Labute approximate surface area is 128 Å². The Balaban J connectivity index is 0. The van der Waals surface area contributed by atoms with E-state index in [1.807, 2.05) is 0 Å². The number of nitrogens with zero attached hydrogens (tertiary/aromatic N) is 1. The van der Waals surface area contributed by atoms with E-state index in [-0.39, 0.29) is 36.1 Å². The van der Waals surface area contributed by atoms with Crippen molar-refractivity contribution in [2.24, 2.45) is 11.5 Å². The zero-order valence-corrected chi connectivity index (χ0v) is 12.1. The fraction of sp³-hybridized carbons (Fsp3) is 0.182. The lowest BCUT2D eigenvalue weighted by molar-refractivity contribution is -0.384. The first-order valence-electron chi connectivity index (χ1n) is 5.23. The Morgan fingerprint density at radius 3 is 2.50 bits per heavy atom. The maximum atomic E-state index is 10.9. The minimum absolute atomic E-state index is 0. The van der Waals surface area contributed by atoms with Crippen molar-refractivity contribution in [3.05, 3.63) is 46.0 Å². The molecule has 0 aliphatic rings. The SMILES string of the molecule is Cl.Cl.NC/C=C/CNc1ccc(C(N)=O)cc1[N+](=O)[O-]. The molecule has 0 radical (unpaired) electrons. The van der Waals surface area contributed by atoms with Gasteiger partial charge < -0.3 is 16.8 Å². The summed E-state index contributed by atoms with van der Waals surface area (Å²) in [6, 6.07) is 4.04. The Kier molecular flexibility index (Phi) is 10.3. The lowest BCUT2D eigenvalue weighted by Gasteiger charge is -2.05. The van der Waals surface area contributed by atoms with Gasteiger partial charge in [0.1, 0.15) is 5.69 Å². The normalized spacial score (nSPS) is 9.45. The number of anilines is 1. The van der Waals surface area contributed by atoms with Crippen LogP contribution in [0.1, 0.15) is 10.4 Å². The average molecular weight is 323 g/mol. The fourth-order valence-corrected chi connectivity index (χ4v) is 1.33. The van der Waals surface area contributed by atoms with Crippen LogP contribution in [0.3, 0.4) is 0 Å². The Hall–Kier alpha value is -1.83. The van der Waals surface area contributed by atoms with Gasteiger partial charge in [-0.05, 0) is 12.1 Å². The van der Waals surface area contributed by atoms with Crippen molar-refractivity contribution in [2.75, 3.05) is 18.4 Å². The largest absolute Gasteiger partial charge is 0.376 e. The van der Waals surface area contributed by atoms with Crippen LogP contribution in [-0.2, 0) is 0 Å². The summed E-state index contributed by atoms with van der Waals surface area (Å²) in [6.07, 6.45) is 3.49. The number of rotatable bonds is 6. The van der Waals surface area contributed by atoms with Gasteiger partial charge in [-0.3, -0.25) is 14.9 Å². The number of halogens is 2. The number of hydrogen-bond donors (Lipinski definition) is 3. The zero-order chi connectivity index (χ0) is 13.5. The maximum absolute atomic E-state index is 10.9. The third-order valence-corrected chi connectivity index (χ3v) is 2.19. The van der Waals surface area contributed by atoms with E-state index in [0.29, 0.717) is 18.8 Å². The van der Waals surface area contributed by atoms with Gasteiger partial charge >= 0.3 is 0 Å². The van der Waals surface area contributed by atoms with Gasteiger partial charge in [0.15, 0.2) is 0 Å². The van der Waals surface area contributed by atoms with Gasteiger partial charge in [0.25, 0.3) is 5.69 Å². The van der Waals surface area contributed by atoms with Crippen molar-refractivity contribution in [3.63, 3.8) is 0 Å². The van der Waals surface area contributed by atoms with Crippen molar-refractivity contribution >= 4 is 42.1 Å². The summed E-state index contributed by atoms with van der Waals surface area (Å²) in [7, 11) is 0. The van der Waals surface area contributed by atoms with Gasteiger partial charge in [-0.25, -0.2) is 0 Å². The number of carbonyl (C=O) groups is 1. The number of hydrogen-bond acceptors (Lipinski definition) is 5. The molecule has 0 atom stereocenters. The van der Waals surface area contributed by atoms with Gasteiger partial charge in [0, 0.05) is 24.7 Å². The van der Waals surface area contributed by atoms with Crippen LogP contribution in [0.4, 0.5) is 11.4 Å². The van der Waals surface area contributed by atoms with Gasteiger partial charge in [-0.2, -0.15) is 0 Å². The Morgan fingerprint density at radius 2 is 2.00 bits per heavy atom. The molecular formula is C11H16Cl2N4O3. The van der Waals surface area contributed by atoms with Gasteiger partial charge in [0.05, 0.1) is 4.92 Å². The van der Waals surface area contributed by atoms with Crippen LogP contribution >= 0.6 is 24.8 Å². The quantitative estimate of drug-likeness (QED) is 0.415. The second-order valence-electron chi connectivity index (χ2n) is 3.44. The van der Waals surface area contributed by atoms with Crippen molar-refractivity contribution in [1.82, 2.24) is 0 Å². The van der Waals surface area contributed by atoms with E-state index in [0.717, 1.165) is 6.07 Å². The molecular weight excluding hydrogens is 307 g/mol. The van der Waals surface area contributed by atoms with E-state index < -0.39 is 10.8 Å². The topological polar surface area (TPSA) is 124 Å². The molecule has 0 saturated heterocycles. The highest BCUT2D eigenvalue weighted by molar-refractivity contribution is 5.94. The molecule has 0 aromatic heterocycles. The smallest absolute Gasteiger partial charge is 0.293 e. The summed E-state index contributed by atoms with van der Waals surface area (Å²) in [6.45, 7) is 0.818. The molecule has 112 valence electrons. The predicted octanol–water partition coefficient (Wildman–Crippen LogP) is 1.46. The third-order valence-electron chi connectivity index (χ3n) is 2.19. The van der Waals surface area contributed by atoms with Crippen LogP contribution in [0, 0.1) is 10.1 Å². The van der Waals surface area contributed by atoms with Crippen LogP contribution in [0.25, 0.3) is 0 Å². The number of nitro groups is 1. The molecule has 0 fully saturated rings. The molecule has 0 aliphatic carbocycles. The number of amides is 1. The summed E-state index contributed by atoms with van der Waals surface area (Å²) < 4.78 is 0. The first-order valence-corrected chi connectivity index (χ1v) is 5.23. The lowest BCUT2D eigenvalue weighted by atomic mass is 10.1. The highest BCUT2D eigenvalue weighted by Gasteiger charge is 2.15. The minimum Gasteiger partial charge on any atom is -0.376 e. The first kappa shape index (κ1) is 20.5. The monoisotopic (exact) mass is 322 g/mol. The van der Waals surface area contributed by atoms with E-state index in [1.165, 1.54) is 12.1 Å². The molecule has 1 amide bonds. The first-order chi connectivity index (χ1) is 8.56. The van der Waals surface area contributed by atoms with Crippen molar-refractivity contribution in [2.45, 2.75) is 0 Å². The summed E-state index contributed by atoms with van der Waals surface area (Å²) in [5.41, 5.74) is 10.6. The lowest BCUT2D eigenvalue weighted by Crippen LogP contribution is -2.12. The third kappa shape index (κ3) is 5.87. The number of nitro benzene ring substituents is 1. The fourth-order valence-electron chi connectivity index (χ4n) is 1.33. The maximum Gasteiger partial charge on any atom is 0.293 e. The van der Waals surface area contributed by atoms with E-state index in [4.69, 9.17) is 11.5 Å². The Bertz CT molecular complexity index is 495. The van der Waals surface area contributed by atoms with E-state index in [1.54, 1.807) is 12.2 Å². The molecule has 9 heteroatoms. The molecule has 0 unspecified atom stereocenters. The zero-order valence-electron chi connectivity index (χ0n) is 10.4. The van der Waals surface area contributed by atoms with Crippen LogP contribution in [0.2, 0.25) is 0 Å². The molecule has 0 spiro atoms. The average Bonchev–Trinajstić information content (AvgIpc) is 2.34. The van der Waals surface area contributed by atoms with Gasteiger partial charge in [-0.1, -0.05) is 12.2 Å². The van der Waals surface area contributed by atoms with Crippen LogP contribution in [-0.4, -0.2) is 23.9 Å². The van der Waals surface area contributed by atoms with E-state index >= 15 is 0 Å². The molecule has 1 rings (SSSR count). The van der Waals surface area contributed by atoms with Crippen LogP contribution in [0.5, 0.6) is 0 Å². The molecule has 1 aromatic rings. The van der Waals surface area contributed by atoms with Gasteiger partial charge in [0.2, 0.25) is 5.91 Å². The number of carbonyl (C=O) groups excluding carboxylic acids is 1. The highest BCUT2D eigenvalue weighted by atomic mass is 35.5. The molecule has 0 bridgehead atoms. The summed E-state index contributed by atoms with van der Waals surface area (Å²) in [5.74, 6) is -0.701. The number of benzene rings is 1. The number of primary amides is 1. The molecule has 0 heterocycles. The minimum atomic E-state index is -0.701. The number of nitrogens with one attached hydrogen (secondary N) is 1. The standard InChI is InChI=1S/C11H14N4O3.2ClH/c12-5-1-2-6-14-9-4-3-8(11(13)16)7-10(9)15(17)18;;/h1-4,7,14H,5-6,12H2,(H2,13,16);2*1H/b2-1+;;. The molecule has 0 saturated carbocycles. The second kappa shape index (κ2) is 10.0. The van der Waals surface area contributed by atoms with Crippen LogP contribution in [0.15, 0.2) is 30.4 Å². The molecule has 20 heavy (non-hydrogen) atoms. The summed E-state index contributed by atoms with van der Waals surface area (Å²) in [4.78, 5) is 21.2. The second-order valence-corrected chi connectivity index (χ2v) is 3.44. The summed E-state index contributed by atoms with van der Waals surface area (Å²) in [5, 5.41) is 13.7. The van der Waals surface area contributed by atoms with Crippen molar-refractivity contribution < 1.29 is 9.72 Å². The highest BCUT2D eigenvalue weighted by Crippen LogP contribution is 2.25. The van der Waals surface area contributed by atoms with Crippen molar-refractivity contribution in [1.29, 1.82) is 0 Å². The number of nitrogens with two attached hydrogens (primary N) is 2. The molecule has 5 N–H and O–H groups in total. The molecule has 0 aliphatic heterocycles. The molecule has 1 aromatic carbocycles. The Morgan fingerprint density at radius 1 is 1.35 bits per heavy atom. The molecule has 7 nitrogen and oxygen atoms in total. The van der Waals surface area contributed by atoms with E-state index in [2.05, 4.69) is 5.32 Å². The van der Waals surface area contributed by atoms with E-state index in [9.17, 15) is 14.9 Å².